The van der Waals surface area contributed by atoms with Gasteiger partial charge in [0, 0.05) is 36.8 Å². The van der Waals surface area contributed by atoms with E-state index in [4.69, 9.17) is 0 Å². The molecule has 0 aliphatic rings. The third-order valence-corrected chi connectivity index (χ3v) is 3.27. The molecule has 5 heteroatoms. The van der Waals surface area contributed by atoms with E-state index < -0.39 is 0 Å². The predicted molar refractivity (Wildman–Crippen MR) is 67.1 cm³/mol. The average Bonchev–Trinajstić information content (AvgIpc) is 2.81. The van der Waals surface area contributed by atoms with Crippen LogP contribution in [0, 0.1) is 6.92 Å². The zero-order valence-electron chi connectivity index (χ0n) is 9.74. The van der Waals surface area contributed by atoms with Crippen molar-refractivity contribution in [2.45, 2.75) is 25.6 Å². The number of rotatable bonds is 3. The van der Waals surface area contributed by atoms with Gasteiger partial charge in [-0.25, -0.2) is 4.98 Å². The molecule has 0 amide bonds. The van der Waals surface area contributed by atoms with E-state index in [0.29, 0.717) is 0 Å². The van der Waals surface area contributed by atoms with E-state index in [2.05, 4.69) is 37.5 Å². The third-order valence-electron chi connectivity index (χ3n) is 2.71. The van der Waals surface area contributed by atoms with Crippen molar-refractivity contribution in [2.24, 2.45) is 7.05 Å². The lowest BCUT2D eigenvalue weighted by molar-refractivity contribution is 0.708. The molecule has 0 saturated heterocycles. The third kappa shape index (κ3) is 1.69. The van der Waals surface area contributed by atoms with E-state index in [9.17, 15) is 0 Å². The van der Waals surface area contributed by atoms with E-state index in [-0.39, 0.29) is 0 Å². The smallest absolute Gasteiger partial charge is 0.140 e. The zero-order chi connectivity index (χ0) is 11.7. The summed E-state index contributed by atoms with van der Waals surface area (Å²) in [6.07, 6.45) is 4.74. The first kappa shape index (κ1) is 11.4. The topological polar surface area (TPSA) is 35.6 Å². The van der Waals surface area contributed by atoms with Crippen LogP contribution in [0.5, 0.6) is 0 Å². The normalized spacial score (nSPS) is 11.0. The minimum atomic E-state index is 0.809. The fourth-order valence-corrected chi connectivity index (χ4v) is 2.59. The van der Waals surface area contributed by atoms with Crippen LogP contribution in [0.3, 0.4) is 0 Å². The molecule has 0 fully saturated rings. The van der Waals surface area contributed by atoms with Crippen LogP contribution in [0.1, 0.15) is 24.0 Å². The van der Waals surface area contributed by atoms with E-state index in [1.54, 1.807) is 0 Å². The van der Waals surface area contributed by atoms with Crippen molar-refractivity contribution in [1.82, 2.24) is 19.3 Å². The maximum atomic E-state index is 4.45. The van der Waals surface area contributed by atoms with Crippen LogP contribution in [0.15, 0.2) is 12.4 Å². The summed E-state index contributed by atoms with van der Waals surface area (Å²) in [5.41, 5.74) is 2.28. The molecular weight excluding hydrogens is 268 g/mol. The van der Waals surface area contributed by atoms with Gasteiger partial charge in [0.2, 0.25) is 0 Å². The Morgan fingerprint density at radius 3 is 2.81 bits per heavy atom. The number of imidazole rings is 1. The molecule has 4 nitrogen and oxygen atoms in total. The number of alkyl halides is 1. The Morgan fingerprint density at radius 1 is 1.44 bits per heavy atom. The van der Waals surface area contributed by atoms with E-state index in [1.165, 1.54) is 5.56 Å². The summed E-state index contributed by atoms with van der Waals surface area (Å²) in [4.78, 5) is 4.34. The van der Waals surface area contributed by atoms with E-state index in [1.807, 2.05) is 31.0 Å². The molecule has 0 aliphatic carbocycles. The van der Waals surface area contributed by atoms with Gasteiger partial charge in [-0.05, 0) is 6.92 Å². The monoisotopic (exact) mass is 282 g/mol. The molecule has 2 aromatic heterocycles. The molecule has 0 bridgehead atoms. The molecule has 86 valence electrons. The van der Waals surface area contributed by atoms with Crippen molar-refractivity contribution in [2.75, 3.05) is 0 Å². The Kier molecular flexibility index (Phi) is 3.14. The maximum absolute atomic E-state index is 4.45. The highest BCUT2D eigenvalue weighted by Gasteiger charge is 2.15. The van der Waals surface area contributed by atoms with Gasteiger partial charge in [0.05, 0.1) is 5.69 Å². The predicted octanol–water partition coefficient (Wildman–Crippen LogP) is 2.37. The van der Waals surface area contributed by atoms with Crippen molar-refractivity contribution in [3.05, 3.63) is 29.5 Å². The molecule has 0 unspecified atom stereocenters. The second-order valence-electron chi connectivity index (χ2n) is 3.71. The van der Waals surface area contributed by atoms with Crippen molar-refractivity contribution in [3.8, 4) is 5.82 Å². The number of nitrogens with zero attached hydrogens (tertiary/aromatic N) is 4. The second kappa shape index (κ2) is 4.41. The van der Waals surface area contributed by atoms with Crippen LogP contribution in [0.4, 0.5) is 0 Å². The number of hydrogen-bond donors (Lipinski definition) is 0. The molecule has 2 heterocycles. The molecule has 0 atom stereocenters. The molecule has 2 aromatic rings. The van der Waals surface area contributed by atoms with Gasteiger partial charge in [-0.15, -0.1) is 0 Å². The molecule has 0 saturated carbocycles. The first-order valence-corrected chi connectivity index (χ1v) is 6.42. The molecule has 0 spiro atoms. The lowest BCUT2D eigenvalue weighted by atomic mass is 10.2. The lowest BCUT2D eigenvalue weighted by Gasteiger charge is -2.08. The minimum absolute atomic E-state index is 0.809. The summed E-state index contributed by atoms with van der Waals surface area (Å²) in [6, 6.07) is 0. The van der Waals surface area contributed by atoms with Gasteiger partial charge in [-0.2, -0.15) is 5.10 Å². The molecule has 0 radical (unpaired) electrons. The number of aromatic nitrogens is 4. The zero-order valence-corrected chi connectivity index (χ0v) is 11.3. The van der Waals surface area contributed by atoms with Gasteiger partial charge in [-0.1, -0.05) is 22.9 Å². The van der Waals surface area contributed by atoms with Crippen molar-refractivity contribution < 1.29 is 0 Å². The van der Waals surface area contributed by atoms with Gasteiger partial charge in [-0.3, -0.25) is 9.25 Å². The van der Waals surface area contributed by atoms with Gasteiger partial charge < -0.3 is 0 Å². The molecule has 0 aromatic carbocycles. The van der Waals surface area contributed by atoms with Crippen LogP contribution in [0.25, 0.3) is 5.82 Å². The quantitative estimate of drug-likeness (QED) is 0.811. The van der Waals surface area contributed by atoms with Crippen LogP contribution in [-0.2, 0) is 18.8 Å². The highest BCUT2D eigenvalue weighted by Crippen LogP contribution is 2.21. The Bertz CT molecular complexity index is 498. The Labute approximate surface area is 103 Å². The summed E-state index contributed by atoms with van der Waals surface area (Å²) in [7, 11) is 1.97. The summed E-state index contributed by atoms with van der Waals surface area (Å²) < 4.78 is 4.02. The van der Waals surface area contributed by atoms with Gasteiger partial charge in [0.25, 0.3) is 0 Å². The van der Waals surface area contributed by atoms with Crippen molar-refractivity contribution >= 4 is 15.9 Å². The Balaban J connectivity index is 2.63. The van der Waals surface area contributed by atoms with Crippen LogP contribution in [0.2, 0.25) is 0 Å². The average molecular weight is 283 g/mol. The SMILES string of the molecule is CCc1nccn1-c1c(CBr)c(C)nn1C. The molecular formula is C11H15BrN4. The molecule has 2 rings (SSSR count). The minimum Gasteiger partial charge on any atom is -0.288 e. The second-order valence-corrected chi connectivity index (χ2v) is 4.27. The first-order chi connectivity index (χ1) is 7.69. The van der Waals surface area contributed by atoms with Crippen LogP contribution < -0.4 is 0 Å². The van der Waals surface area contributed by atoms with Gasteiger partial charge in [0.1, 0.15) is 11.6 Å². The van der Waals surface area contributed by atoms with E-state index in [0.717, 1.165) is 29.1 Å². The highest BCUT2D eigenvalue weighted by atomic mass is 79.9. The summed E-state index contributed by atoms with van der Waals surface area (Å²) in [5, 5.41) is 5.26. The standard InChI is InChI=1S/C11H15BrN4/c1-4-10-13-5-6-16(10)11-9(7-12)8(2)14-15(11)3/h5-6H,4,7H2,1-3H3. The Hall–Kier alpha value is -1.10. The van der Waals surface area contributed by atoms with Crippen LogP contribution in [-0.4, -0.2) is 19.3 Å². The van der Waals surface area contributed by atoms with Crippen LogP contribution >= 0.6 is 15.9 Å². The highest BCUT2D eigenvalue weighted by molar-refractivity contribution is 9.08. The Morgan fingerprint density at radius 2 is 2.19 bits per heavy atom. The molecule has 16 heavy (non-hydrogen) atoms. The van der Waals surface area contributed by atoms with Crippen molar-refractivity contribution in [1.29, 1.82) is 0 Å². The maximum Gasteiger partial charge on any atom is 0.140 e. The van der Waals surface area contributed by atoms with E-state index >= 15 is 0 Å². The summed E-state index contributed by atoms with van der Waals surface area (Å²) in [6.45, 7) is 4.14. The van der Waals surface area contributed by atoms with Gasteiger partial charge >= 0.3 is 0 Å². The number of aryl methyl sites for hydroxylation is 3. The van der Waals surface area contributed by atoms with Gasteiger partial charge in [0.15, 0.2) is 0 Å². The largest absolute Gasteiger partial charge is 0.288 e. The fraction of sp³-hybridized carbons (Fsp3) is 0.455. The summed E-state index contributed by atoms with van der Waals surface area (Å²) in [5.74, 6) is 2.16. The first-order valence-electron chi connectivity index (χ1n) is 5.30. The molecule has 0 aliphatic heterocycles. The fourth-order valence-electron chi connectivity index (χ4n) is 1.94. The number of hydrogen-bond acceptors (Lipinski definition) is 2. The van der Waals surface area contributed by atoms with Crippen molar-refractivity contribution in [3.63, 3.8) is 0 Å². The lowest BCUT2D eigenvalue weighted by Crippen LogP contribution is -2.07. The summed E-state index contributed by atoms with van der Waals surface area (Å²) >= 11 is 3.52. The number of halogens is 1. The molecule has 0 N–H and O–H groups in total.